The monoisotopic (exact) mass is 234 g/mol. The molecule has 0 aliphatic heterocycles. The lowest BCUT2D eigenvalue weighted by Gasteiger charge is -1.94. The van der Waals surface area contributed by atoms with E-state index in [4.69, 9.17) is 0 Å². The summed E-state index contributed by atoms with van der Waals surface area (Å²) in [6.45, 7) is 4.36. The Morgan fingerprint density at radius 3 is 2.73 bits per heavy atom. The predicted octanol–water partition coefficient (Wildman–Crippen LogP) is 4.03. The standard InChI is InChI=1S/C11H10N2S2/c1-6(2)11-13-8-4-3-7-9(10(8)15-11)14-5-12-7/h3-6H,1-2H3. The molecular weight excluding hydrogens is 224 g/mol. The van der Waals surface area contributed by atoms with Crippen LogP contribution in [0.25, 0.3) is 20.4 Å². The van der Waals surface area contributed by atoms with Crippen LogP contribution in [0, 0.1) is 0 Å². The van der Waals surface area contributed by atoms with E-state index in [0.29, 0.717) is 5.92 Å². The molecule has 0 fully saturated rings. The van der Waals surface area contributed by atoms with Crippen molar-refractivity contribution in [1.82, 2.24) is 9.97 Å². The zero-order chi connectivity index (χ0) is 10.4. The maximum atomic E-state index is 4.64. The van der Waals surface area contributed by atoms with Gasteiger partial charge in [-0.2, -0.15) is 0 Å². The number of rotatable bonds is 1. The van der Waals surface area contributed by atoms with Gasteiger partial charge < -0.3 is 0 Å². The van der Waals surface area contributed by atoms with E-state index >= 15 is 0 Å². The van der Waals surface area contributed by atoms with E-state index in [1.807, 2.05) is 5.51 Å². The van der Waals surface area contributed by atoms with Gasteiger partial charge in [0.1, 0.15) is 0 Å². The summed E-state index contributed by atoms with van der Waals surface area (Å²) >= 11 is 3.50. The van der Waals surface area contributed by atoms with E-state index in [1.54, 1.807) is 22.7 Å². The largest absolute Gasteiger partial charge is 0.245 e. The van der Waals surface area contributed by atoms with Gasteiger partial charge in [-0.25, -0.2) is 9.97 Å². The summed E-state index contributed by atoms with van der Waals surface area (Å²) in [4.78, 5) is 8.96. The van der Waals surface area contributed by atoms with Gasteiger partial charge in [0.15, 0.2) is 0 Å². The van der Waals surface area contributed by atoms with Gasteiger partial charge in [0, 0.05) is 5.92 Å². The Bertz CT molecular complexity index is 622. The van der Waals surface area contributed by atoms with Gasteiger partial charge in [0.2, 0.25) is 0 Å². The van der Waals surface area contributed by atoms with Crippen molar-refractivity contribution < 1.29 is 0 Å². The lowest BCUT2D eigenvalue weighted by molar-refractivity contribution is 0.857. The molecule has 0 aliphatic carbocycles. The van der Waals surface area contributed by atoms with E-state index in [2.05, 4.69) is 35.9 Å². The number of benzene rings is 1. The fourth-order valence-corrected chi connectivity index (χ4v) is 3.57. The maximum Gasteiger partial charge on any atom is 0.0964 e. The summed E-state index contributed by atoms with van der Waals surface area (Å²) in [5, 5.41) is 1.21. The molecule has 1 aromatic carbocycles. The topological polar surface area (TPSA) is 25.8 Å². The number of nitrogens with zero attached hydrogens (tertiary/aromatic N) is 2. The zero-order valence-electron chi connectivity index (χ0n) is 8.52. The molecule has 0 bridgehead atoms. The number of hydrogen-bond acceptors (Lipinski definition) is 4. The number of fused-ring (bicyclic) bond motifs is 3. The summed E-state index contributed by atoms with van der Waals surface area (Å²) in [7, 11) is 0. The molecule has 0 spiro atoms. The highest BCUT2D eigenvalue weighted by atomic mass is 32.1. The Hall–Kier alpha value is -1.00. The highest BCUT2D eigenvalue weighted by Gasteiger charge is 2.10. The fraction of sp³-hybridized carbons (Fsp3) is 0.273. The molecule has 0 saturated heterocycles. The lowest BCUT2D eigenvalue weighted by atomic mass is 10.2. The lowest BCUT2D eigenvalue weighted by Crippen LogP contribution is -1.82. The first-order chi connectivity index (χ1) is 7.25. The van der Waals surface area contributed by atoms with E-state index in [-0.39, 0.29) is 0 Å². The van der Waals surface area contributed by atoms with Crippen LogP contribution in [-0.4, -0.2) is 9.97 Å². The van der Waals surface area contributed by atoms with Crippen molar-refractivity contribution in [2.24, 2.45) is 0 Å². The highest BCUT2D eigenvalue weighted by Crippen LogP contribution is 2.34. The molecule has 2 heterocycles. The average Bonchev–Trinajstić information content (AvgIpc) is 2.82. The first kappa shape index (κ1) is 9.24. The SMILES string of the molecule is CC(C)c1nc2ccc3ncsc3c2s1. The minimum atomic E-state index is 0.505. The third-order valence-electron chi connectivity index (χ3n) is 2.36. The molecule has 0 saturated carbocycles. The van der Waals surface area contributed by atoms with Gasteiger partial charge >= 0.3 is 0 Å². The van der Waals surface area contributed by atoms with E-state index in [9.17, 15) is 0 Å². The fourth-order valence-electron chi connectivity index (χ4n) is 1.57. The Balaban J connectivity index is 2.41. The summed E-state index contributed by atoms with van der Waals surface area (Å²) in [6, 6.07) is 4.12. The molecule has 2 nitrogen and oxygen atoms in total. The number of thiazole rings is 2. The number of aromatic nitrogens is 2. The van der Waals surface area contributed by atoms with Crippen molar-refractivity contribution in [1.29, 1.82) is 0 Å². The Kier molecular flexibility index (Phi) is 2.00. The van der Waals surface area contributed by atoms with Crippen LogP contribution in [0.1, 0.15) is 24.8 Å². The summed E-state index contributed by atoms with van der Waals surface area (Å²) in [6.07, 6.45) is 0. The van der Waals surface area contributed by atoms with Crippen molar-refractivity contribution in [2.45, 2.75) is 19.8 Å². The van der Waals surface area contributed by atoms with Crippen molar-refractivity contribution in [2.75, 3.05) is 0 Å². The molecule has 0 aliphatic rings. The summed E-state index contributed by atoms with van der Waals surface area (Å²) in [5.41, 5.74) is 4.10. The Labute approximate surface area is 95.6 Å². The maximum absolute atomic E-state index is 4.64. The minimum absolute atomic E-state index is 0.505. The second-order valence-corrected chi connectivity index (χ2v) is 5.71. The molecule has 3 rings (SSSR count). The molecule has 0 radical (unpaired) electrons. The average molecular weight is 234 g/mol. The van der Waals surface area contributed by atoms with Crippen LogP contribution in [0.3, 0.4) is 0 Å². The van der Waals surface area contributed by atoms with Crippen LogP contribution >= 0.6 is 22.7 Å². The molecule has 76 valence electrons. The van der Waals surface area contributed by atoms with Gasteiger partial charge in [-0.1, -0.05) is 13.8 Å². The quantitative estimate of drug-likeness (QED) is 0.635. The van der Waals surface area contributed by atoms with Gasteiger partial charge in [-0.05, 0) is 12.1 Å². The van der Waals surface area contributed by atoms with Gasteiger partial charge in [0.25, 0.3) is 0 Å². The molecule has 2 aromatic heterocycles. The van der Waals surface area contributed by atoms with Crippen molar-refractivity contribution in [3.05, 3.63) is 22.7 Å². The zero-order valence-corrected chi connectivity index (χ0v) is 10.2. The molecule has 0 amide bonds. The van der Waals surface area contributed by atoms with Crippen LogP contribution in [0.4, 0.5) is 0 Å². The second kappa shape index (κ2) is 3.25. The van der Waals surface area contributed by atoms with Crippen molar-refractivity contribution in [3.8, 4) is 0 Å². The van der Waals surface area contributed by atoms with Crippen LogP contribution < -0.4 is 0 Å². The normalized spacial score (nSPS) is 11.9. The second-order valence-electron chi connectivity index (χ2n) is 3.82. The van der Waals surface area contributed by atoms with Crippen LogP contribution in [0.5, 0.6) is 0 Å². The van der Waals surface area contributed by atoms with Gasteiger partial charge in [0.05, 0.1) is 31.0 Å². The molecule has 3 aromatic rings. The van der Waals surface area contributed by atoms with E-state index < -0.39 is 0 Å². The molecule has 0 atom stereocenters. The molecule has 0 unspecified atom stereocenters. The smallest absolute Gasteiger partial charge is 0.0964 e. The summed E-state index contributed by atoms with van der Waals surface area (Å²) in [5.74, 6) is 0.505. The summed E-state index contributed by atoms with van der Waals surface area (Å²) < 4.78 is 2.57. The van der Waals surface area contributed by atoms with Crippen LogP contribution in [0.2, 0.25) is 0 Å². The van der Waals surface area contributed by atoms with Crippen LogP contribution in [0.15, 0.2) is 17.6 Å². The third kappa shape index (κ3) is 1.36. The molecule has 4 heteroatoms. The predicted molar refractivity (Wildman–Crippen MR) is 66.9 cm³/mol. The van der Waals surface area contributed by atoms with Crippen LogP contribution in [-0.2, 0) is 0 Å². The van der Waals surface area contributed by atoms with Crippen molar-refractivity contribution in [3.63, 3.8) is 0 Å². The van der Waals surface area contributed by atoms with Gasteiger partial charge in [-0.15, -0.1) is 22.7 Å². The molecule has 15 heavy (non-hydrogen) atoms. The van der Waals surface area contributed by atoms with E-state index in [0.717, 1.165) is 11.0 Å². The molecule has 0 N–H and O–H groups in total. The number of hydrogen-bond donors (Lipinski definition) is 0. The minimum Gasteiger partial charge on any atom is -0.245 e. The van der Waals surface area contributed by atoms with Crippen molar-refractivity contribution >= 4 is 43.1 Å². The Morgan fingerprint density at radius 1 is 1.13 bits per heavy atom. The Morgan fingerprint density at radius 2 is 1.93 bits per heavy atom. The van der Waals surface area contributed by atoms with E-state index in [1.165, 1.54) is 14.4 Å². The van der Waals surface area contributed by atoms with Gasteiger partial charge in [-0.3, -0.25) is 0 Å². The molecular formula is C11H10N2S2. The third-order valence-corrected chi connectivity index (χ3v) is 4.74. The highest BCUT2D eigenvalue weighted by molar-refractivity contribution is 7.26. The first-order valence-corrected chi connectivity index (χ1v) is 6.58. The first-order valence-electron chi connectivity index (χ1n) is 4.88.